The molecule has 1 aromatic rings. The lowest BCUT2D eigenvalue weighted by atomic mass is 10.2. The fourth-order valence-electron chi connectivity index (χ4n) is 2.13. The number of hydrogen-bond acceptors (Lipinski definition) is 3. The Labute approximate surface area is 97.4 Å². The summed E-state index contributed by atoms with van der Waals surface area (Å²) < 4.78 is 5.17. The van der Waals surface area contributed by atoms with Gasteiger partial charge in [-0.25, -0.2) is 0 Å². The van der Waals surface area contributed by atoms with Crippen LogP contribution in [0.5, 0.6) is 5.75 Å². The van der Waals surface area contributed by atoms with Gasteiger partial charge in [0.2, 0.25) is 0 Å². The molecule has 1 saturated heterocycles. The van der Waals surface area contributed by atoms with Crippen molar-refractivity contribution in [1.82, 2.24) is 5.32 Å². The second kappa shape index (κ2) is 5.21. The first kappa shape index (κ1) is 11.3. The number of hydrogen-bond donors (Lipinski definition) is 1. The van der Waals surface area contributed by atoms with Crippen LogP contribution in [0, 0.1) is 0 Å². The summed E-state index contributed by atoms with van der Waals surface area (Å²) in [4.78, 5) is 2.43. The van der Waals surface area contributed by atoms with Gasteiger partial charge in [0.15, 0.2) is 0 Å². The van der Waals surface area contributed by atoms with Gasteiger partial charge in [0, 0.05) is 24.8 Å². The van der Waals surface area contributed by atoms with Crippen LogP contribution in [-0.2, 0) is 0 Å². The van der Waals surface area contributed by atoms with Crippen molar-refractivity contribution in [2.24, 2.45) is 0 Å². The Bertz CT molecular complexity index is 323. The van der Waals surface area contributed by atoms with Crippen LogP contribution in [-0.4, -0.2) is 32.8 Å². The number of rotatable bonds is 2. The highest BCUT2D eigenvalue weighted by Gasteiger charge is 2.14. The van der Waals surface area contributed by atoms with Crippen molar-refractivity contribution in [3.05, 3.63) is 24.3 Å². The van der Waals surface area contributed by atoms with Crippen LogP contribution in [0.25, 0.3) is 0 Å². The molecule has 1 aliphatic rings. The molecule has 1 atom stereocenters. The summed E-state index contributed by atoms with van der Waals surface area (Å²) in [6.07, 6.45) is 1.20. The number of nitrogens with one attached hydrogen (secondary N) is 1. The monoisotopic (exact) mass is 220 g/mol. The van der Waals surface area contributed by atoms with E-state index < -0.39 is 0 Å². The molecule has 0 aromatic heterocycles. The largest absolute Gasteiger partial charge is 0.497 e. The van der Waals surface area contributed by atoms with E-state index in [0.717, 1.165) is 25.4 Å². The van der Waals surface area contributed by atoms with E-state index in [1.54, 1.807) is 7.11 Å². The summed E-state index contributed by atoms with van der Waals surface area (Å²) in [5.74, 6) is 0.921. The predicted octanol–water partition coefficient (Wildman–Crippen LogP) is 1.88. The molecular formula is C13H20N2O. The van der Waals surface area contributed by atoms with Crippen LogP contribution in [0.3, 0.4) is 0 Å². The highest BCUT2D eigenvalue weighted by atomic mass is 16.5. The summed E-state index contributed by atoms with van der Waals surface area (Å²) >= 11 is 0. The van der Waals surface area contributed by atoms with Crippen LogP contribution in [0.15, 0.2) is 24.3 Å². The van der Waals surface area contributed by atoms with Gasteiger partial charge in [-0.15, -0.1) is 0 Å². The number of methoxy groups -OCH3 is 1. The molecule has 88 valence electrons. The summed E-state index contributed by atoms with van der Waals surface area (Å²) in [6, 6.07) is 8.88. The number of benzene rings is 1. The van der Waals surface area contributed by atoms with Crippen LogP contribution < -0.4 is 15.0 Å². The number of anilines is 1. The third-order valence-corrected chi connectivity index (χ3v) is 3.03. The second-order valence-electron chi connectivity index (χ2n) is 4.35. The summed E-state index contributed by atoms with van der Waals surface area (Å²) in [7, 11) is 1.70. The molecular weight excluding hydrogens is 200 g/mol. The first-order valence-electron chi connectivity index (χ1n) is 5.92. The van der Waals surface area contributed by atoms with Crippen LogP contribution in [0.4, 0.5) is 5.69 Å². The lowest BCUT2D eigenvalue weighted by molar-refractivity contribution is 0.415. The van der Waals surface area contributed by atoms with Crippen molar-refractivity contribution in [1.29, 1.82) is 0 Å². The molecule has 0 spiro atoms. The van der Waals surface area contributed by atoms with E-state index in [9.17, 15) is 0 Å². The van der Waals surface area contributed by atoms with E-state index >= 15 is 0 Å². The van der Waals surface area contributed by atoms with Crippen molar-refractivity contribution in [2.45, 2.75) is 19.4 Å². The van der Waals surface area contributed by atoms with Gasteiger partial charge in [-0.05, 0) is 44.2 Å². The van der Waals surface area contributed by atoms with Gasteiger partial charge < -0.3 is 15.0 Å². The third kappa shape index (κ3) is 2.67. The van der Waals surface area contributed by atoms with E-state index in [2.05, 4.69) is 29.3 Å². The molecule has 1 aromatic carbocycles. The van der Waals surface area contributed by atoms with Crippen molar-refractivity contribution in [3.8, 4) is 5.75 Å². The Balaban J connectivity index is 2.09. The Hall–Kier alpha value is -1.22. The lowest BCUT2D eigenvalue weighted by Crippen LogP contribution is -2.35. The fourth-order valence-corrected chi connectivity index (χ4v) is 2.13. The maximum Gasteiger partial charge on any atom is 0.119 e. The molecule has 16 heavy (non-hydrogen) atoms. The third-order valence-electron chi connectivity index (χ3n) is 3.03. The zero-order valence-corrected chi connectivity index (χ0v) is 10.1. The first-order valence-corrected chi connectivity index (χ1v) is 5.92. The predicted molar refractivity (Wildman–Crippen MR) is 67.3 cm³/mol. The molecule has 3 nitrogen and oxygen atoms in total. The molecule has 2 rings (SSSR count). The zero-order chi connectivity index (χ0) is 11.4. The molecule has 0 aliphatic carbocycles. The topological polar surface area (TPSA) is 24.5 Å². The molecule has 0 saturated carbocycles. The first-order chi connectivity index (χ1) is 7.79. The Kier molecular flexibility index (Phi) is 3.67. The van der Waals surface area contributed by atoms with Crippen LogP contribution in [0.2, 0.25) is 0 Å². The molecule has 0 radical (unpaired) electrons. The maximum absolute atomic E-state index is 5.17. The smallest absolute Gasteiger partial charge is 0.119 e. The molecule has 0 amide bonds. The normalized spacial score (nSPS) is 21.6. The standard InChI is InChI=1S/C13H20N2O/c1-11-10-15(9-3-8-14-11)12-4-6-13(16-2)7-5-12/h4-7,11,14H,3,8-10H2,1-2H3. The Morgan fingerprint density at radius 2 is 2.06 bits per heavy atom. The highest BCUT2D eigenvalue weighted by Crippen LogP contribution is 2.20. The molecule has 1 heterocycles. The molecule has 1 N–H and O–H groups in total. The van der Waals surface area contributed by atoms with Gasteiger partial charge >= 0.3 is 0 Å². The van der Waals surface area contributed by atoms with Crippen molar-refractivity contribution in [2.75, 3.05) is 31.6 Å². The summed E-state index contributed by atoms with van der Waals surface area (Å²) in [5, 5.41) is 3.50. The average molecular weight is 220 g/mol. The average Bonchev–Trinajstić information content (AvgIpc) is 2.54. The minimum Gasteiger partial charge on any atom is -0.497 e. The number of ether oxygens (including phenoxy) is 1. The quantitative estimate of drug-likeness (QED) is 0.823. The minimum absolute atomic E-state index is 0.560. The van der Waals surface area contributed by atoms with Gasteiger partial charge in [-0.2, -0.15) is 0 Å². The molecule has 3 heteroatoms. The highest BCUT2D eigenvalue weighted by molar-refractivity contribution is 5.49. The van der Waals surface area contributed by atoms with Gasteiger partial charge in [0.25, 0.3) is 0 Å². The van der Waals surface area contributed by atoms with E-state index in [4.69, 9.17) is 4.74 Å². The maximum atomic E-state index is 5.17. The SMILES string of the molecule is COc1ccc(N2CCCNC(C)C2)cc1. The van der Waals surface area contributed by atoms with Gasteiger partial charge in [-0.1, -0.05) is 0 Å². The summed E-state index contributed by atoms with van der Waals surface area (Å²) in [5.41, 5.74) is 1.29. The Morgan fingerprint density at radius 3 is 2.75 bits per heavy atom. The number of nitrogens with zero attached hydrogens (tertiary/aromatic N) is 1. The molecule has 0 bridgehead atoms. The zero-order valence-electron chi connectivity index (χ0n) is 10.1. The van der Waals surface area contributed by atoms with Crippen molar-refractivity contribution < 1.29 is 4.74 Å². The van der Waals surface area contributed by atoms with Gasteiger partial charge in [0.1, 0.15) is 5.75 Å². The molecule has 1 fully saturated rings. The van der Waals surface area contributed by atoms with Gasteiger partial charge in [0.05, 0.1) is 7.11 Å². The van der Waals surface area contributed by atoms with Crippen molar-refractivity contribution in [3.63, 3.8) is 0 Å². The van der Waals surface area contributed by atoms with E-state index in [-0.39, 0.29) is 0 Å². The van der Waals surface area contributed by atoms with Gasteiger partial charge in [-0.3, -0.25) is 0 Å². The molecule has 1 aliphatic heterocycles. The van der Waals surface area contributed by atoms with E-state index in [0.29, 0.717) is 6.04 Å². The van der Waals surface area contributed by atoms with Crippen molar-refractivity contribution >= 4 is 5.69 Å². The minimum atomic E-state index is 0.560. The second-order valence-corrected chi connectivity index (χ2v) is 4.35. The molecule has 1 unspecified atom stereocenters. The fraction of sp³-hybridized carbons (Fsp3) is 0.538. The van der Waals surface area contributed by atoms with E-state index in [1.807, 2.05) is 12.1 Å². The van der Waals surface area contributed by atoms with E-state index in [1.165, 1.54) is 12.1 Å². The Morgan fingerprint density at radius 1 is 1.31 bits per heavy atom. The van der Waals surface area contributed by atoms with Crippen LogP contribution >= 0.6 is 0 Å². The lowest BCUT2D eigenvalue weighted by Gasteiger charge is -2.24. The summed E-state index contributed by atoms with van der Waals surface area (Å²) in [6.45, 7) is 5.56. The van der Waals surface area contributed by atoms with Crippen LogP contribution in [0.1, 0.15) is 13.3 Å².